The molecule has 0 aromatic heterocycles. The van der Waals surface area contributed by atoms with Gasteiger partial charge in [0.05, 0.1) is 48.8 Å². The van der Waals surface area contributed by atoms with Crippen molar-refractivity contribution in [1.29, 1.82) is 0 Å². The van der Waals surface area contributed by atoms with Gasteiger partial charge >= 0.3 is 0 Å². The fraction of sp³-hybridized carbons (Fsp3) is 0.197. The maximum absolute atomic E-state index is 13.2. The first-order chi connectivity index (χ1) is 39.7. The van der Waals surface area contributed by atoms with Crippen LogP contribution in [0.1, 0.15) is 105 Å². The standard InChI is InChI=1S/C21H17NO2.C17H15NO2.C13H13NO2.2C8H8O.C4H6/c1-21-13-24-20(14-7-3-2-4-8-14)22(21)19(23)17-11-15-9-5-6-10-16(15)12-18(17)21;1-17-11-20-16(12-7-3-2-4-8-12)18(17)15(19)13-9-5-6-10-14(13)17;1-13-8-7-11(15)14(13)12(16-9-13)10-5-3-2-4-6-10;9-8-5-6-3-1-2-4-7(6)8;1-7-4-2-3-5-8(7)6-9;1-3-4-2/h2-12,20H,13H2,1H3;2-10,16H,11H2,1H3;2-8,12H,9H2,1H3;1-4,8-9H,5H2;2-6,9H,1H2;3-4H,1-2H2/b;;;;8-6+;/t20?,21-;16?,17-;12?,13-;;;/m001.../s1. The zero-order chi connectivity index (χ0) is 57.6. The average Bonchev–Trinajstić information content (AvgIpc) is 2.45. The number of amides is 3. The molecule has 0 saturated carbocycles. The summed E-state index contributed by atoms with van der Waals surface area (Å²) in [5.74, 6) is 0.160. The third-order valence-electron chi connectivity index (χ3n) is 16.0. The number of carbonyl (C=O) groups excluding carboxylic acids is 3. The first-order valence-corrected chi connectivity index (χ1v) is 27.4. The number of benzene rings is 8. The van der Waals surface area contributed by atoms with E-state index in [2.05, 4.69) is 57.8 Å². The molecule has 3 amide bonds. The molecule has 15 rings (SSSR count). The Hall–Kier alpha value is -8.97. The van der Waals surface area contributed by atoms with Crippen molar-refractivity contribution in [2.24, 2.45) is 0 Å². The molecule has 414 valence electrons. The van der Waals surface area contributed by atoms with Crippen LogP contribution in [-0.2, 0) is 36.5 Å². The summed E-state index contributed by atoms with van der Waals surface area (Å²) < 4.78 is 17.7. The van der Waals surface area contributed by atoms with Gasteiger partial charge in [0.1, 0.15) is 0 Å². The summed E-state index contributed by atoms with van der Waals surface area (Å²) in [5.41, 5.74) is 8.21. The van der Waals surface area contributed by atoms with Crippen LogP contribution in [0.15, 0.2) is 238 Å². The number of aliphatic hydroxyl groups is 2. The van der Waals surface area contributed by atoms with Crippen LogP contribution in [0, 0.1) is 0 Å². The maximum atomic E-state index is 13.2. The Kier molecular flexibility index (Phi) is 16.5. The van der Waals surface area contributed by atoms with Gasteiger partial charge in [0.25, 0.3) is 11.8 Å². The number of aliphatic hydroxyl groups excluding tert-OH is 2. The zero-order valence-electron chi connectivity index (χ0n) is 46.4. The van der Waals surface area contributed by atoms with Gasteiger partial charge in [-0.2, -0.15) is 0 Å². The van der Waals surface area contributed by atoms with E-state index in [1.165, 1.54) is 5.56 Å². The van der Waals surface area contributed by atoms with Crippen LogP contribution in [0.5, 0.6) is 0 Å². The van der Waals surface area contributed by atoms with Crippen LogP contribution in [0.3, 0.4) is 0 Å². The van der Waals surface area contributed by atoms with Crippen LogP contribution in [0.4, 0.5) is 0 Å². The van der Waals surface area contributed by atoms with Crippen molar-refractivity contribution in [3.05, 3.63) is 298 Å². The summed E-state index contributed by atoms with van der Waals surface area (Å²) in [6.45, 7) is 18.3. The Morgan fingerprint density at radius 1 is 0.524 bits per heavy atom. The lowest BCUT2D eigenvalue weighted by molar-refractivity contribution is -0.132. The summed E-state index contributed by atoms with van der Waals surface area (Å²) >= 11 is 0. The predicted molar refractivity (Wildman–Crippen MR) is 321 cm³/mol. The van der Waals surface area contributed by atoms with Gasteiger partial charge in [0.15, 0.2) is 18.7 Å². The number of fused-ring (bicyclic) bond motifs is 9. The summed E-state index contributed by atoms with van der Waals surface area (Å²) in [6.07, 6.45) is 7.71. The lowest BCUT2D eigenvalue weighted by Gasteiger charge is -2.30. The molecule has 7 atom stereocenters. The van der Waals surface area contributed by atoms with Crippen molar-refractivity contribution in [2.75, 3.05) is 19.8 Å². The highest BCUT2D eigenvalue weighted by molar-refractivity contribution is 6.04. The molecule has 1 aliphatic carbocycles. The molecule has 11 heteroatoms. The minimum Gasteiger partial charge on any atom is -0.515 e. The topological polar surface area (TPSA) is 129 Å². The molecule has 8 aromatic rings. The number of allylic oxidation sites excluding steroid dienone is 2. The second-order valence-electron chi connectivity index (χ2n) is 21.5. The zero-order valence-corrected chi connectivity index (χ0v) is 46.4. The number of nitrogens with zero attached hydrogens (tertiary/aromatic N) is 3. The van der Waals surface area contributed by atoms with Gasteiger partial charge in [-0.25, -0.2) is 0 Å². The van der Waals surface area contributed by atoms with Gasteiger partial charge < -0.3 is 24.4 Å². The SMILES string of the molecule is C=CC=C.C=c1cccc/c1=C\O.C[C@@]12COC(c3ccccc3)N1C(=O)c1cc3ccccc3cc12.C[C@@]12COC(c3ccccc3)N1C(=O)c1ccccc12.C[C@]12C=CC(=O)N1C(c1ccccc1)OC2.OC1Cc2ccccc21. The summed E-state index contributed by atoms with van der Waals surface area (Å²) in [4.78, 5) is 43.3. The van der Waals surface area contributed by atoms with E-state index in [1.807, 2.05) is 204 Å². The van der Waals surface area contributed by atoms with Crippen molar-refractivity contribution in [3.8, 4) is 0 Å². The molecule has 0 spiro atoms. The largest absolute Gasteiger partial charge is 0.515 e. The second kappa shape index (κ2) is 24.0. The van der Waals surface area contributed by atoms with Crippen LogP contribution < -0.4 is 10.4 Å². The Labute approximate surface area is 479 Å². The minimum absolute atomic E-state index is 0.0360. The number of rotatable bonds is 4. The molecule has 82 heavy (non-hydrogen) atoms. The monoisotopic (exact) mass is 1090 g/mol. The van der Waals surface area contributed by atoms with Crippen LogP contribution in [0.25, 0.3) is 23.6 Å². The highest BCUT2D eigenvalue weighted by Gasteiger charge is 2.56. The van der Waals surface area contributed by atoms with E-state index in [-0.39, 0.29) is 53.6 Å². The molecular weight excluding hydrogens is 1020 g/mol. The number of ether oxygens (including phenoxy) is 3. The van der Waals surface area contributed by atoms with Gasteiger partial charge in [-0.05, 0) is 77.2 Å². The van der Waals surface area contributed by atoms with Crippen molar-refractivity contribution < 1.29 is 38.8 Å². The van der Waals surface area contributed by atoms with Crippen LogP contribution in [0.2, 0.25) is 0 Å². The van der Waals surface area contributed by atoms with Crippen molar-refractivity contribution >= 4 is 41.3 Å². The Morgan fingerprint density at radius 3 is 1.51 bits per heavy atom. The molecular formula is C71H67N3O8. The molecule has 6 aliphatic heterocycles. The van der Waals surface area contributed by atoms with Gasteiger partial charge in [0, 0.05) is 45.5 Å². The molecule has 7 aliphatic rings. The first-order valence-electron chi connectivity index (χ1n) is 27.4. The van der Waals surface area contributed by atoms with Gasteiger partial charge in [-0.1, -0.05) is 220 Å². The fourth-order valence-corrected chi connectivity index (χ4v) is 11.6. The van der Waals surface area contributed by atoms with Gasteiger partial charge in [0.2, 0.25) is 5.91 Å². The van der Waals surface area contributed by atoms with Crippen molar-refractivity contribution in [3.63, 3.8) is 0 Å². The highest BCUT2D eigenvalue weighted by Crippen LogP contribution is 2.52. The molecule has 4 unspecified atom stereocenters. The molecule has 8 aromatic carbocycles. The van der Waals surface area contributed by atoms with Crippen molar-refractivity contribution in [2.45, 2.75) is 68.6 Å². The van der Waals surface area contributed by atoms with Crippen LogP contribution in [-0.4, -0.2) is 68.0 Å². The second-order valence-corrected chi connectivity index (χ2v) is 21.5. The maximum Gasteiger partial charge on any atom is 0.257 e. The molecule has 3 saturated heterocycles. The summed E-state index contributed by atoms with van der Waals surface area (Å²) in [7, 11) is 0. The highest BCUT2D eigenvalue weighted by atomic mass is 16.5. The number of hydrogen-bond acceptors (Lipinski definition) is 8. The predicted octanol–water partition coefficient (Wildman–Crippen LogP) is 12.2. The van der Waals surface area contributed by atoms with Crippen LogP contribution >= 0.6 is 0 Å². The summed E-state index contributed by atoms with van der Waals surface area (Å²) in [5, 5.41) is 21.5. The lowest BCUT2D eigenvalue weighted by atomic mass is 9.86. The average molecular weight is 1090 g/mol. The molecule has 3 fully saturated rings. The quantitative estimate of drug-likeness (QED) is 0.167. The smallest absolute Gasteiger partial charge is 0.257 e. The summed E-state index contributed by atoms with van der Waals surface area (Å²) in [6, 6.07) is 65.4. The normalized spacial score (nSPS) is 24.4. The van der Waals surface area contributed by atoms with Gasteiger partial charge in [-0.3, -0.25) is 29.1 Å². The Bertz CT molecular complexity index is 3790. The van der Waals surface area contributed by atoms with Crippen molar-refractivity contribution in [1.82, 2.24) is 14.7 Å². The third-order valence-corrected chi connectivity index (χ3v) is 16.0. The Balaban J connectivity index is 0.000000118. The molecule has 11 nitrogen and oxygen atoms in total. The molecule has 0 radical (unpaired) electrons. The van der Waals surface area contributed by atoms with E-state index in [0.29, 0.717) is 19.8 Å². The number of hydrogen-bond donors (Lipinski definition) is 2. The van der Waals surface area contributed by atoms with E-state index in [0.717, 1.165) is 78.4 Å². The molecule has 6 heterocycles. The Morgan fingerprint density at radius 2 is 0.988 bits per heavy atom. The third kappa shape index (κ3) is 10.7. The van der Waals surface area contributed by atoms with E-state index in [9.17, 15) is 14.4 Å². The van der Waals surface area contributed by atoms with E-state index < -0.39 is 5.54 Å². The van der Waals surface area contributed by atoms with E-state index in [1.54, 1.807) is 18.2 Å². The fourth-order valence-electron chi connectivity index (χ4n) is 11.6. The van der Waals surface area contributed by atoms with E-state index >= 15 is 0 Å². The minimum atomic E-state index is -0.406. The van der Waals surface area contributed by atoms with E-state index in [4.69, 9.17) is 24.4 Å². The first kappa shape index (κ1) is 56.3. The lowest BCUT2D eigenvalue weighted by Crippen LogP contribution is -2.41. The number of carbonyl (C=O) groups is 3. The molecule has 0 bridgehead atoms. The molecule has 2 N–H and O–H groups in total. The van der Waals surface area contributed by atoms with Gasteiger partial charge in [-0.15, -0.1) is 0 Å².